The second-order valence-electron chi connectivity index (χ2n) is 13.8. The highest BCUT2D eigenvalue weighted by molar-refractivity contribution is 6.09. The van der Waals surface area contributed by atoms with Gasteiger partial charge in [0, 0.05) is 33.4 Å². The minimum Gasteiger partial charge on any atom is -0.310 e. The topological polar surface area (TPSA) is 8.17 Å². The lowest BCUT2D eigenvalue weighted by Crippen LogP contribution is -2.11. The van der Waals surface area contributed by atoms with Gasteiger partial charge in [0.05, 0.1) is 16.7 Å². The molecule has 0 fully saturated rings. The van der Waals surface area contributed by atoms with Gasteiger partial charge in [0.25, 0.3) is 0 Å². The van der Waals surface area contributed by atoms with E-state index in [9.17, 15) is 0 Å². The van der Waals surface area contributed by atoms with Crippen LogP contribution in [-0.2, 0) is 0 Å². The van der Waals surface area contributed by atoms with Gasteiger partial charge in [0.1, 0.15) is 0 Å². The Bertz CT molecular complexity index is 2840. The van der Waals surface area contributed by atoms with Crippen LogP contribution in [0.2, 0.25) is 0 Å². The molecule has 0 amide bonds. The standard InChI is InChI=1S/C52H36N2/c1-2-13-37(14-3-1)38-25-31-42(32-26-38)53(50-22-9-6-18-47(50)46-21-12-16-41-15-4-5-17-45(41)46)43-33-27-39(28-34-43)40-29-35-44(36-30-40)54-51-23-10-7-19-48(51)49-20-8-11-24-52(49)54/h1-36H. The first-order valence-electron chi connectivity index (χ1n) is 18.5. The van der Waals surface area contributed by atoms with E-state index in [0.717, 1.165) is 22.7 Å². The molecule has 2 nitrogen and oxygen atoms in total. The van der Waals surface area contributed by atoms with Crippen molar-refractivity contribution in [2.45, 2.75) is 0 Å². The number of nitrogens with zero attached hydrogens (tertiary/aromatic N) is 2. The lowest BCUT2D eigenvalue weighted by molar-refractivity contribution is 1.18. The predicted molar refractivity (Wildman–Crippen MR) is 229 cm³/mol. The maximum atomic E-state index is 2.39. The highest BCUT2D eigenvalue weighted by Crippen LogP contribution is 2.43. The lowest BCUT2D eigenvalue weighted by atomic mass is 9.96. The third-order valence-corrected chi connectivity index (χ3v) is 10.6. The van der Waals surface area contributed by atoms with Crippen molar-refractivity contribution < 1.29 is 0 Å². The molecule has 54 heavy (non-hydrogen) atoms. The molecule has 0 N–H and O–H groups in total. The molecule has 0 spiro atoms. The zero-order chi connectivity index (χ0) is 35.8. The summed E-state index contributed by atoms with van der Waals surface area (Å²) in [6, 6.07) is 78.8. The number of hydrogen-bond acceptors (Lipinski definition) is 1. The Morgan fingerprint density at radius 3 is 1.37 bits per heavy atom. The second-order valence-corrected chi connectivity index (χ2v) is 13.8. The molecule has 0 aliphatic rings. The fourth-order valence-electron chi connectivity index (χ4n) is 8.02. The van der Waals surface area contributed by atoms with Gasteiger partial charge in [-0.1, -0.05) is 164 Å². The number of hydrogen-bond donors (Lipinski definition) is 0. The molecule has 1 aromatic heterocycles. The van der Waals surface area contributed by atoms with Crippen LogP contribution in [0.15, 0.2) is 218 Å². The average molecular weight is 689 g/mol. The molecular weight excluding hydrogens is 653 g/mol. The molecule has 0 bridgehead atoms. The van der Waals surface area contributed by atoms with Crippen molar-refractivity contribution in [2.75, 3.05) is 4.90 Å². The van der Waals surface area contributed by atoms with Gasteiger partial charge in [-0.2, -0.15) is 0 Å². The number of anilines is 3. The number of fused-ring (bicyclic) bond motifs is 4. The summed E-state index contributed by atoms with van der Waals surface area (Å²) in [4.78, 5) is 2.39. The van der Waals surface area contributed by atoms with Gasteiger partial charge in [-0.15, -0.1) is 0 Å². The van der Waals surface area contributed by atoms with Crippen LogP contribution in [0.4, 0.5) is 17.1 Å². The number of rotatable bonds is 7. The van der Waals surface area contributed by atoms with E-state index in [1.54, 1.807) is 0 Å². The van der Waals surface area contributed by atoms with Crippen LogP contribution in [0.25, 0.3) is 71.6 Å². The minimum atomic E-state index is 1.10. The third kappa shape index (κ3) is 5.53. The van der Waals surface area contributed by atoms with E-state index in [4.69, 9.17) is 0 Å². The van der Waals surface area contributed by atoms with Crippen molar-refractivity contribution in [1.82, 2.24) is 4.57 Å². The summed E-state index contributed by atoms with van der Waals surface area (Å²) in [5.74, 6) is 0. The zero-order valence-electron chi connectivity index (χ0n) is 29.7. The Morgan fingerprint density at radius 2 is 0.741 bits per heavy atom. The van der Waals surface area contributed by atoms with Crippen LogP contribution in [0.5, 0.6) is 0 Å². The number of aromatic nitrogens is 1. The summed E-state index contributed by atoms with van der Waals surface area (Å²) in [6.07, 6.45) is 0. The maximum absolute atomic E-state index is 2.39. The van der Waals surface area contributed by atoms with Crippen molar-refractivity contribution in [2.24, 2.45) is 0 Å². The molecule has 0 saturated heterocycles. The minimum absolute atomic E-state index is 1.10. The van der Waals surface area contributed by atoms with E-state index in [-0.39, 0.29) is 0 Å². The van der Waals surface area contributed by atoms with E-state index >= 15 is 0 Å². The maximum Gasteiger partial charge on any atom is 0.0541 e. The number of benzene rings is 9. The summed E-state index contributed by atoms with van der Waals surface area (Å²) >= 11 is 0. The first-order chi connectivity index (χ1) is 26.8. The van der Waals surface area contributed by atoms with Gasteiger partial charge in [0.2, 0.25) is 0 Å². The van der Waals surface area contributed by atoms with Gasteiger partial charge >= 0.3 is 0 Å². The summed E-state index contributed by atoms with van der Waals surface area (Å²) in [5, 5.41) is 5.02. The van der Waals surface area contributed by atoms with Crippen LogP contribution in [-0.4, -0.2) is 4.57 Å². The fraction of sp³-hybridized carbons (Fsp3) is 0. The molecule has 0 aliphatic heterocycles. The zero-order valence-corrected chi connectivity index (χ0v) is 29.7. The van der Waals surface area contributed by atoms with Crippen LogP contribution >= 0.6 is 0 Å². The molecule has 0 saturated carbocycles. The molecular formula is C52H36N2. The highest BCUT2D eigenvalue weighted by Gasteiger charge is 2.19. The Balaban J connectivity index is 1.05. The van der Waals surface area contributed by atoms with E-state index in [1.807, 2.05) is 0 Å². The second kappa shape index (κ2) is 13.4. The monoisotopic (exact) mass is 688 g/mol. The molecule has 9 aromatic carbocycles. The SMILES string of the molecule is c1ccc(-c2ccc(N(c3ccc(-c4ccc(-n5c6ccccc6c6ccccc65)cc4)cc3)c3ccccc3-c3cccc4ccccc34)cc2)cc1. The van der Waals surface area contributed by atoms with Crippen molar-refractivity contribution >= 4 is 49.6 Å². The molecule has 0 unspecified atom stereocenters. The average Bonchev–Trinajstić information content (AvgIpc) is 3.59. The Kier molecular flexibility index (Phi) is 7.85. The summed E-state index contributed by atoms with van der Waals surface area (Å²) in [5.41, 5.74) is 14.1. The van der Waals surface area contributed by atoms with Crippen LogP contribution in [0.3, 0.4) is 0 Å². The highest BCUT2D eigenvalue weighted by atomic mass is 15.1. The lowest BCUT2D eigenvalue weighted by Gasteiger charge is -2.28. The Hall–Kier alpha value is -7.16. The molecule has 0 aliphatic carbocycles. The third-order valence-electron chi connectivity index (χ3n) is 10.6. The van der Waals surface area contributed by atoms with Crippen LogP contribution in [0, 0.1) is 0 Å². The quantitative estimate of drug-likeness (QED) is 0.162. The van der Waals surface area contributed by atoms with Crippen molar-refractivity contribution in [1.29, 1.82) is 0 Å². The first-order valence-corrected chi connectivity index (χ1v) is 18.5. The Morgan fingerprint density at radius 1 is 0.296 bits per heavy atom. The summed E-state index contributed by atoms with van der Waals surface area (Å²) in [6.45, 7) is 0. The molecule has 10 aromatic rings. The molecule has 10 rings (SSSR count). The van der Waals surface area contributed by atoms with E-state index in [0.29, 0.717) is 0 Å². The number of para-hydroxylation sites is 3. The largest absolute Gasteiger partial charge is 0.310 e. The van der Waals surface area contributed by atoms with Gasteiger partial charge in [-0.3, -0.25) is 0 Å². The molecule has 0 atom stereocenters. The summed E-state index contributed by atoms with van der Waals surface area (Å²) < 4.78 is 2.37. The molecule has 0 radical (unpaired) electrons. The van der Waals surface area contributed by atoms with Crippen LogP contribution in [0.1, 0.15) is 0 Å². The van der Waals surface area contributed by atoms with E-state index in [1.165, 1.54) is 66.0 Å². The normalized spacial score (nSPS) is 11.3. The van der Waals surface area contributed by atoms with Gasteiger partial charge in [-0.25, -0.2) is 0 Å². The summed E-state index contributed by atoms with van der Waals surface area (Å²) in [7, 11) is 0. The van der Waals surface area contributed by atoms with Crippen LogP contribution < -0.4 is 4.90 Å². The van der Waals surface area contributed by atoms with Gasteiger partial charge in [-0.05, 0) is 93.2 Å². The smallest absolute Gasteiger partial charge is 0.0541 e. The van der Waals surface area contributed by atoms with Crippen molar-refractivity contribution in [3.8, 4) is 39.1 Å². The van der Waals surface area contributed by atoms with E-state index in [2.05, 4.69) is 228 Å². The molecule has 2 heteroatoms. The van der Waals surface area contributed by atoms with Gasteiger partial charge < -0.3 is 9.47 Å². The fourth-order valence-corrected chi connectivity index (χ4v) is 8.02. The predicted octanol–water partition coefficient (Wildman–Crippen LogP) is 14.4. The molecule has 1 heterocycles. The van der Waals surface area contributed by atoms with Crippen molar-refractivity contribution in [3.05, 3.63) is 218 Å². The van der Waals surface area contributed by atoms with E-state index < -0.39 is 0 Å². The van der Waals surface area contributed by atoms with Crippen molar-refractivity contribution in [3.63, 3.8) is 0 Å². The van der Waals surface area contributed by atoms with Gasteiger partial charge in [0.15, 0.2) is 0 Å². The Labute approximate surface area is 315 Å². The first kappa shape index (κ1) is 31.6. The molecule has 254 valence electrons.